The van der Waals surface area contributed by atoms with Crippen LogP contribution >= 0.6 is 23.1 Å². The van der Waals surface area contributed by atoms with Gasteiger partial charge in [-0.2, -0.15) is 0 Å². The van der Waals surface area contributed by atoms with Gasteiger partial charge in [0.2, 0.25) is 0 Å². The van der Waals surface area contributed by atoms with Crippen LogP contribution in [0.3, 0.4) is 0 Å². The maximum Gasteiger partial charge on any atom is 0.190 e. The van der Waals surface area contributed by atoms with Crippen molar-refractivity contribution in [2.45, 2.75) is 50.3 Å². The zero-order valence-electron chi connectivity index (χ0n) is 15.3. The van der Waals surface area contributed by atoms with Gasteiger partial charge >= 0.3 is 0 Å². The van der Waals surface area contributed by atoms with Gasteiger partial charge in [-0.25, -0.2) is 9.97 Å². The topological polar surface area (TPSA) is 65.5 Å². The van der Waals surface area contributed by atoms with Crippen molar-refractivity contribution in [3.05, 3.63) is 10.4 Å². The summed E-state index contributed by atoms with van der Waals surface area (Å²) in [7, 11) is 3.27. The van der Waals surface area contributed by atoms with Gasteiger partial charge in [-0.1, -0.05) is 18.7 Å². The third-order valence-electron chi connectivity index (χ3n) is 4.71. The van der Waals surface area contributed by atoms with E-state index in [2.05, 4.69) is 19.2 Å². The molecule has 3 heterocycles. The number of methoxy groups -OCH3 is 2. The number of ether oxygens (including phenoxy) is 3. The molecule has 0 saturated heterocycles. The second-order valence-corrected chi connectivity index (χ2v) is 8.15. The molecule has 0 saturated carbocycles. The van der Waals surface area contributed by atoms with Crippen LogP contribution in [-0.4, -0.2) is 48.9 Å². The second-order valence-electron chi connectivity index (χ2n) is 6.29. The van der Waals surface area contributed by atoms with Crippen LogP contribution in [0.4, 0.5) is 5.82 Å². The first-order valence-electron chi connectivity index (χ1n) is 8.33. The Morgan fingerprint density at radius 1 is 1.36 bits per heavy atom. The summed E-state index contributed by atoms with van der Waals surface area (Å²) in [5.41, 5.74) is 1.19. The molecule has 0 radical (unpaired) electrons. The summed E-state index contributed by atoms with van der Waals surface area (Å²) >= 11 is 3.25. The number of anilines is 1. The average molecular weight is 384 g/mol. The number of nitrogens with zero attached hydrogens (tertiary/aromatic N) is 2. The van der Waals surface area contributed by atoms with Crippen molar-refractivity contribution in [2.24, 2.45) is 0 Å². The molecular formula is C17H25N3O3S2. The lowest BCUT2D eigenvalue weighted by molar-refractivity contribution is -0.0914. The van der Waals surface area contributed by atoms with Gasteiger partial charge in [0.25, 0.3) is 0 Å². The lowest BCUT2D eigenvalue weighted by Gasteiger charge is -2.33. The van der Waals surface area contributed by atoms with E-state index in [9.17, 15) is 0 Å². The number of hydrogen-bond acceptors (Lipinski definition) is 8. The molecule has 0 fully saturated rings. The van der Waals surface area contributed by atoms with Gasteiger partial charge in [0.1, 0.15) is 10.6 Å². The normalized spacial score (nSPS) is 20.2. The van der Waals surface area contributed by atoms with Crippen LogP contribution in [0, 0.1) is 0 Å². The van der Waals surface area contributed by atoms with Crippen LogP contribution in [-0.2, 0) is 27.2 Å². The van der Waals surface area contributed by atoms with E-state index in [-0.39, 0.29) is 11.9 Å². The molecule has 2 aromatic rings. The van der Waals surface area contributed by atoms with E-state index in [1.54, 1.807) is 37.3 Å². The number of nitrogens with one attached hydrogen (secondary N) is 1. The molecule has 25 heavy (non-hydrogen) atoms. The molecule has 1 aliphatic rings. The van der Waals surface area contributed by atoms with Crippen LogP contribution in [0.2, 0.25) is 0 Å². The molecule has 0 aliphatic carbocycles. The minimum Gasteiger partial charge on any atom is -0.369 e. The highest BCUT2D eigenvalue weighted by atomic mass is 32.2. The van der Waals surface area contributed by atoms with Crippen molar-refractivity contribution in [3.8, 4) is 0 Å². The molecule has 1 N–H and O–H groups in total. The van der Waals surface area contributed by atoms with Gasteiger partial charge in [0.15, 0.2) is 11.4 Å². The van der Waals surface area contributed by atoms with Gasteiger partial charge in [-0.3, -0.25) is 0 Å². The third kappa shape index (κ3) is 3.78. The van der Waals surface area contributed by atoms with E-state index in [4.69, 9.17) is 24.2 Å². The van der Waals surface area contributed by atoms with Gasteiger partial charge in [0.05, 0.1) is 24.1 Å². The van der Waals surface area contributed by atoms with Crippen molar-refractivity contribution in [1.29, 1.82) is 0 Å². The standard InChI is InChI=1S/C17H25N3O3S2/c1-6-17(2)7-10-11(9-23-17)25-15-13(10)14(19-16(20-15)24-5)18-8-12(21-3)22-4/h12H,6-9H2,1-5H3,(H,18,19,20)/t17-/m1/s1. The molecule has 6 nitrogen and oxygen atoms in total. The first-order chi connectivity index (χ1) is 12.0. The van der Waals surface area contributed by atoms with Gasteiger partial charge in [-0.15, -0.1) is 11.3 Å². The lowest BCUT2D eigenvalue weighted by atomic mass is 9.90. The Bertz CT molecular complexity index is 748. The van der Waals surface area contributed by atoms with Gasteiger partial charge in [0, 0.05) is 25.5 Å². The minimum absolute atomic E-state index is 0.127. The van der Waals surface area contributed by atoms with Crippen molar-refractivity contribution in [2.75, 3.05) is 32.3 Å². The largest absolute Gasteiger partial charge is 0.369 e. The van der Waals surface area contributed by atoms with Crippen molar-refractivity contribution in [1.82, 2.24) is 9.97 Å². The van der Waals surface area contributed by atoms with Crippen LogP contribution in [0.1, 0.15) is 30.7 Å². The predicted molar refractivity (Wildman–Crippen MR) is 103 cm³/mol. The minimum atomic E-state index is -0.318. The van der Waals surface area contributed by atoms with E-state index in [0.29, 0.717) is 13.2 Å². The summed E-state index contributed by atoms with van der Waals surface area (Å²) in [5.74, 6) is 0.853. The lowest BCUT2D eigenvalue weighted by Crippen LogP contribution is -2.34. The maximum absolute atomic E-state index is 6.10. The Morgan fingerprint density at radius 2 is 2.12 bits per heavy atom. The summed E-state index contributed by atoms with van der Waals surface area (Å²) in [4.78, 5) is 11.7. The number of thioether (sulfide) groups is 1. The van der Waals surface area contributed by atoms with E-state index >= 15 is 0 Å². The van der Waals surface area contributed by atoms with Crippen molar-refractivity contribution in [3.63, 3.8) is 0 Å². The van der Waals surface area contributed by atoms with E-state index in [1.807, 2.05) is 6.26 Å². The molecule has 1 aliphatic heterocycles. The van der Waals surface area contributed by atoms with Gasteiger partial charge in [-0.05, 0) is 25.2 Å². The molecule has 1 atom stereocenters. The molecular weight excluding hydrogens is 358 g/mol. The Labute approximate surface area is 156 Å². The molecule has 0 bridgehead atoms. The van der Waals surface area contributed by atoms with E-state index < -0.39 is 0 Å². The molecule has 0 aromatic carbocycles. The van der Waals surface area contributed by atoms with E-state index in [1.165, 1.54) is 10.4 Å². The first kappa shape index (κ1) is 18.8. The number of fused-ring (bicyclic) bond motifs is 3. The van der Waals surface area contributed by atoms with Crippen LogP contribution < -0.4 is 5.32 Å². The zero-order chi connectivity index (χ0) is 18.0. The van der Waals surface area contributed by atoms with Crippen molar-refractivity contribution >= 4 is 39.1 Å². The fourth-order valence-corrected chi connectivity index (χ4v) is 4.47. The Balaban J connectivity index is 2.03. The van der Waals surface area contributed by atoms with E-state index in [0.717, 1.165) is 34.0 Å². The molecule has 138 valence electrons. The first-order valence-corrected chi connectivity index (χ1v) is 10.4. The molecule has 0 unspecified atom stereocenters. The smallest absolute Gasteiger partial charge is 0.190 e. The Kier molecular flexibility index (Phi) is 5.85. The second kappa shape index (κ2) is 7.75. The number of thiophene rings is 1. The van der Waals surface area contributed by atoms with Crippen molar-refractivity contribution < 1.29 is 14.2 Å². The third-order valence-corrected chi connectivity index (χ3v) is 6.36. The van der Waals surface area contributed by atoms with Crippen LogP contribution in [0.25, 0.3) is 10.2 Å². The highest BCUT2D eigenvalue weighted by Gasteiger charge is 2.33. The molecule has 0 spiro atoms. The summed E-state index contributed by atoms with van der Waals surface area (Å²) in [6.45, 7) is 5.52. The Morgan fingerprint density at radius 3 is 2.76 bits per heavy atom. The molecule has 8 heteroatoms. The predicted octanol–water partition coefficient (Wildman–Crippen LogP) is 3.69. The molecule has 3 rings (SSSR count). The Hall–Kier alpha value is -0.930. The monoisotopic (exact) mass is 383 g/mol. The summed E-state index contributed by atoms with van der Waals surface area (Å²) in [5, 5.41) is 5.28. The quantitative estimate of drug-likeness (QED) is 0.444. The maximum atomic E-state index is 6.10. The number of rotatable bonds is 7. The summed E-state index contributed by atoms with van der Waals surface area (Å²) < 4.78 is 16.7. The van der Waals surface area contributed by atoms with Crippen LogP contribution in [0.5, 0.6) is 0 Å². The number of aromatic nitrogens is 2. The summed E-state index contributed by atoms with van der Waals surface area (Å²) in [6, 6.07) is 0. The highest BCUT2D eigenvalue weighted by molar-refractivity contribution is 7.98. The van der Waals surface area contributed by atoms with Crippen LogP contribution in [0.15, 0.2) is 5.16 Å². The van der Waals surface area contributed by atoms with Gasteiger partial charge < -0.3 is 19.5 Å². The number of hydrogen-bond donors (Lipinski definition) is 1. The fraction of sp³-hybridized carbons (Fsp3) is 0.647. The highest BCUT2D eigenvalue weighted by Crippen LogP contribution is 2.42. The average Bonchev–Trinajstić information content (AvgIpc) is 2.99. The SMILES string of the molecule is CC[C@]1(C)Cc2c(sc3nc(SC)nc(NCC(OC)OC)c23)CO1. The molecule has 0 amide bonds. The zero-order valence-corrected chi connectivity index (χ0v) is 17.0. The summed E-state index contributed by atoms with van der Waals surface area (Å²) in [6.07, 6.45) is 3.53. The molecule has 2 aromatic heterocycles. The fourth-order valence-electron chi connectivity index (χ4n) is 2.94.